The first-order valence-electron chi connectivity index (χ1n) is 9.45. The number of hydrogen-bond acceptors (Lipinski definition) is 6. The molecule has 3 heterocycles. The van der Waals surface area contributed by atoms with Crippen LogP contribution in [0.2, 0.25) is 0 Å². The maximum Gasteiger partial charge on any atom is 0.231 e. The molecule has 7 heteroatoms. The number of piperidine rings is 1. The predicted octanol–water partition coefficient (Wildman–Crippen LogP) is 0.589. The molecule has 26 heavy (non-hydrogen) atoms. The van der Waals surface area contributed by atoms with Gasteiger partial charge in [0.1, 0.15) is 0 Å². The smallest absolute Gasteiger partial charge is 0.231 e. The van der Waals surface area contributed by atoms with Gasteiger partial charge in [-0.3, -0.25) is 9.69 Å². The summed E-state index contributed by atoms with van der Waals surface area (Å²) in [5.74, 6) is 2.19. The fourth-order valence-corrected chi connectivity index (χ4v) is 3.90. The van der Waals surface area contributed by atoms with Crippen LogP contribution in [0.1, 0.15) is 12.0 Å². The Morgan fingerprint density at radius 2 is 2.04 bits per heavy atom. The number of nitrogens with zero attached hydrogens (tertiary/aromatic N) is 1. The van der Waals surface area contributed by atoms with Crippen molar-refractivity contribution in [3.05, 3.63) is 23.8 Å². The third-order valence-electron chi connectivity index (χ3n) is 5.34. The fourth-order valence-electron chi connectivity index (χ4n) is 3.90. The molecule has 0 unspecified atom stereocenters. The number of carbonyl (C=O) groups is 1. The molecule has 0 spiro atoms. The van der Waals surface area contributed by atoms with Gasteiger partial charge in [-0.1, -0.05) is 6.07 Å². The SMILES string of the molecule is O=C(NCc1ccc2c(c1)OCO2)[C@H]1CNC[C@@H](CN2CCOCC2)C1. The van der Waals surface area contributed by atoms with Crippen molar-refractivity contribution in [3.8, 4) is 11.5 Å². The van der Waals surface area contributed by atoms with Gasteiger partial charge in [0.25, 0.3) is 0 Å². The molecule has 2 atom stereocenters. The van der Waals surface area contributed by atoms with Gasteiger partial charge in [-0.25, -0.2) is 0 Å². The van der Waals surface area contributed by atoms with Gasteiger partial charge in [-0.05, 0) is 36.6 Å². The number of nitrogens with one attached hydrogen (secondary N) is 2. The van der Waals surface area contributed by atoms with Gasteiger partial charge in [0.05, 0.1) is 19.1 Å². The summed E-state index contributed by atoms with van der Waals surface area (Å²) in [4.78, 5) is 15.0. The minimum absolute atomic E-state index is 0.0313. The van der Waals surface area contributed by atoms with E-state index in [4.69, 9.17) is 14.2 Å². The van der Waals surface area contributed by atoms with E-state index in [1.165, 1.54) is 0 Å². The third kappa shape index (κ3) is 4.28. The third-order valence-corrected chi connectivity index (χ3v) is 5.34. The van der Waals surface area contributed by atoms with Crippen LogP contribution in [0.15, 0.2) is 18.2 Å². The standard InChI is InChI=1S/C19H27N3O4/c23-19(21-10-14-1-2-17-18(8-14)26-13-25-17)16-7-15(9-20-11-16)12-22-3-5-24-6-4-22/h1-2,8,15-16,20H,3-7,9-13H2,(H,21,23)/t15-,16+/m0/s1. The van der Waals surface area contributed by atoms with Crippen LogP contribution in [0.4, 0.5) is 0 Å². The Hall–Kier alpha value is -1.83. The number of benzene rings is 1. The number of morpholine rings is 1. The molecule has 1 aromatic rings. The summed E-state index contributed by atoms with van der Waals surface area (Å²) in [6.45, 7) is 7.20. The average Bonchev–Trinajstić information content (AvgIpc) is 3.15. The first kappa shape index (κ1) is 17.6. The van der Waals surface area contributed by atoms with Crippen LogP contribution in [0, 0.1) is 11.8 Å². The lowest BCUT2D eigenvalue weighted by molar-refractivity contribution is -0.126. The summed E-state index contributed by atoms with van der Waals surface area (Å²) >= 11 is 0. The molecule has 4 rings (SSSR count). The fraction of sp³-hybridized carbons (Fsp3) is 0.632. The number of fused-ring (bicyclic) bond motifs is 1. The summed E-state index contributed by atoms with van der Waals surface area (Å²) < 4.78 is 16.1. The second-order valence-corrected chi connectivity index (χ2v) is 7.28. The zero-order valence-corrected chi connectivity index (χ0v) is 15.0. The summed E-state index contributed by atoms with van der Waals surface area (Å²) in [7, 11) is 0. The van der Waals surface area contributed by atoms with Gasteiger partial charge >= 0.3 is 0 Å². The van der Waals surface area contributed by atoms with Crippen molar-refractivity contribution in [1.29, 1.82) is 0 Å². The van der Waals surface area contributed by atoms with Crippen LogP contribution < -0.4 is 20.1 Å². The normalized spacial score (nSPS) is 25.8. The zero-order valence-electron chi connectivity index (χ0n) is 15.0. The van der Waals surface area contributed by atoms with E-state index in [0.29, 0.717) is 12.5 Å². The second-order valence-electron chi connectivity index (χ2n) is 7.28. The summed E-state index contributed by atoms with van der Waals surface area (Å²) in [6.07, 6.45) is 0.942. The van der Waals surface area contributed by atoms with Crippen LogP contribution in [0.5, 0.6) is 11.5 Å². The Morgan fingerprint density at radius 3 is 2.92 bits per heavy atom. The molecule has 1 amide bonds. The average molecular weight is 361 g/mol. The highest BCUT2D eigenvalue weighted by molar-refractivity contribution is 5.79. The van der Waals surface area contributed by atoms with Gasteiger partial charge in [-0.2, -0.15) is 0 Å². The topological polar surface area (TPSA) is 72.1 Å². The first-order valence-corrected chi connectivity index (χ1v) is 9.45. The van der Waals surface area contributed by atoms with E-state index in [2.05, 4.69) is 15.5 Å². The van der Waals surface area contributed by atoms with Crippen LogP contribution in [-0.4, -0.2) is 63.5 Å². The molecular formula is C19H27N3O4. The second kappa shape index (κ2) is 8.24. The number of ether oxygens (including phenoxy) is 3. The van der Waals surface area contributed by atoms with E-state index >= 15 is 0 Å². The summed E-state index contributed by atoms with van der Waals surface area (Å²) in [5.41, 5.74) is 1.02. The maximum atomic E-state index is 12.6. The maximum absolute atomic E-state index is 12.6. The molecule has 7 nitrogen and oxygen atoms in total. The Balaban J connectivity index is 1.26. The Labute approximate surface area is 154 Å². The molecule has 0 radical (unpaired) electrons. The minimum atomic E-state index is 0.0313. The van der Waals surface area contributed by atoms with Crippen molar-refractivity contribution in [3.63, 3.8) is 0 Å². The van der Waals surface area contributed by atoms with Crippen molar-refractivity contribution < 1.29 is 19.0 Å². The highest BCUT2D eigenvalue weighted by Gasteiger charge is 2.28. The summed E-state index contributed by atoms with van der Waals surface area (Å²) in [6, 6.07) is 5.79. The molecule has 0 saturated carbocycles. The molecule has 142 valence electrons. The Bertz CT molecular complexity index is 633. The van der Waals surface area contributed by atoms with Gasteiger partial charge in [-0.15, -0.1) is 0 Å². The van der Waals surface area contributed by atoms with Crippen molar-refractivity contribution in [2.45, 2.75) is 13.0 Å². The van der Waals surface area contributed by atoms with Gasteiger partial charge < -0.3 is 24.8 Å². The van der Waals surface area contributed by atoms with Gasteiger partial charge in [0, 0.05) is 32.7 Å². The molecule has 2 saturated heterocycles. The zero-order chi connectivity index (χ0) is 17.8. The number of amides is 1. The van der Waals surface area contributed by atoms with E-state index in [9.17, 15) is 4.79 Å². The molecular weight excluding hydrogens is 334 g/mol. The molecule has 2 N–H and O–H groups in total. The minimum Gasteiger partial charge on any atom is -0.454 e. The lowest BCUT2D eigenvalue weighted by Crippen LogP contribution is -2.48. The molecule has 2 fully saturated rings. The Morgan fingerprint density at radius 1 is 1.19 bits per heavy atom. The van der Waals surface area contributed by atoms with Crippen molar-refractivity contribution >= 4 is 5.91 Å². The Kier molecular flexibility index (Phi) is 5.57. The van der Waals surface area contributed by atoms with Gasteiger partial charge in [0.15, 0.2) is 11.5 Å². The summed E-state index contributed by atoms with van der Waals surface area (Å²) in [5, 5.41) is 6.51. The highest BCUT2D eigenvalue weighted by atomic mass is 16.7. The van der Waals surface area contributed by atoms with Gasteiger partial charge in [0.2, 0.25) is 12.7 Å². The molecule has 1 aromatic carbocycles. The van der Waals surface area contributed by atoms with E-state index in [1.54, 1.807) is 0 Å². The van der Waals surface area contributed by atoms with E-state index < -0.39 is 0 Å². The van der Waals surface area contributed by atoms with E-state index in [0.717, 1.165) is 69.4 Å². The highest BCUT2D eigenvalue weighted by Crippen LogP contribution is 2.32. The molecule has 0 aromatic heterocycles. The number of hydrogen-bond donors (Lipinski definition) is 2. The predicted molar refractivity (Wildman–Crippen MR) is 96.1 cm³/mol. The number of carbonyl (C=O) groups excluding carboxylic acids is 1. The molecule has 3 aliphatic rings. The lowest BCUT2D eigenvalue weighted by atomic mass is 9.89. The van der Waals surface area contributed by atoms with Crippen molar-refractivity contribution in [2.24, 2.45) is 11.8 Å². The quantitative estimate of drug-likeness (QED) is 0.800. The van der Waals surface area contributed by atoms with E-state index in [1.807, 2.05) is 18.2 Å². The monoisotopic (exact) mass is 361 g/mol. The van der Waals surface area contributed by atoms with Crippen LogP contribution >= 0.6 is 0 Å². The van der Waals surface area contributed by atoms with E-state index in [-0.39, 0.29) is 18.6 Å². The molecule has 3 aliphatic heterocycles. The molecule has 0 bridgehead atoms. The van der Waals surface area contributed by atoms with Crippen molar-refractivity contribution in [2.75, 3.05) is 52.7 Å². The first-order chi connectivity index (χ1) is 12.8. The largest absolute Gasteiger partial charge is 0.454 e. The number of rotatable bonds is 5. The van der Waals surface area contributed by atoms with Crippen LogP contribution in [0.3, 0.4) is 0 Å². The molecule has 0 aliphatic carbocycles. The van der Waals surface area contributed by atoms with Crippen molar-refractivity contribution in [1.82, 2.24) is 15.5 Å². The lowest BCUT2D eigenvalue weighted by Gasteiger charge is -2.34. The van der Waals surface area contributed by atoms with Crippen LogP contribution in [-0.2, 0) is 16.1 Å². The van der Waals surface area contributed by atoms with Crippen LogP contribution in [0.25, 0.3) is 0 Å².